The van der Waals surface area contributed by atoms with Gasteiger partial charge in [0.2, 0.25) is 14.2 Å². The van der Waals surface area contributed by atoms with E-state index >= 15 is 0 Å². The highest BCUT2D eigenvalue weighted by Gasteiger charge is 2.38. The van der Waals surface area contributed by atoms with Gasteiger partial charge < -0.3 is 9.16 Å². The van der Waals surface area contributed by atoms with Crippen molar-refractivity contribution in [3.8, 4) is 5.75 Å². The Morgan fingerprint density at radius 1 is 1.12 bits per heavy atom. The molecule has 0 atom stereocenters. The third-order valence-corrected chi connectivity index (χ3v) is 8.82. The van der Waals surface area contributed by atoms with E-state index in [1.165, 1.54) is 0 Å². The molecule has 0 aliphatic rings. The van der Waals surface area contributed by atoms with Gasteiger partial charge in [0.1, 0.15) is 12.4 Å². The Balaban J connectivity index is 2.60. The number of rotatable bonds is 5. The highest BCUT2D eigenvalue weighted by molar-refractivity contribution is 6.76. The maximum atomic E-state index is 7.42. The second-order valence-corrected chi connectivity index (χ2v) is 14.0. The number of hydrogen-bond donors (Lipinski definition) is 1. The molecule has 24 heavy (non-hydrogen) atoms. The zero-order valence-corrected chi connectivity index (χ0v) is 17.9. The Bertz CT molecular complexity index is 587. The summed E-state index contributed by atoms with van der Waals surface area (Å²) in [5, 5.41) is 7.58. The van der Waals surface area contributed by atoms with Crippen LogP contribution in [0.4, 0.5) is 0 Å². The maximum Gasteiger partial charge on any atom is 0.265 e. The van der Waals surface area contributed by atoms with Crippen LogP contribution in [0.15, 0.2) is 30.3 Å². The maximum absolute atomic E-state index is 7.42. The lowest BCUT2D eigenvalue weighted by Crippen LogP contribution is -2.43. The van der Waals surface area contributed by atoms with E-state index in [2.05, 4.69) is 33.9 Å². The number of ether oxygens (including phenoxy) is 1. The van der Waals surface area contributed by atoms with Crippen molar-refractivity contribution in [2.45, 2.75) is 42.7 Å². The summed E-state index contributed by atoms with van der Waals surface area (Å²) in [7, 11) is -1.82. The van der Waals surface area contributed by atoms with Gasteiger partial charge in [0.25, 0.3) is 3.79 Å². The Morgan fingerprint density at radius 2 is 1.67 bits per heavy atom. The van der Waals surface area contributed by atoms with Gasteiger partial charge in [-0.1, -0.05) is 73.8 Å². The van der Waals surface area contributed by atoms with E-state index in [1.54, 1.807) is 6.08 Å². The largest absolute Gasteiger partial charge is 0.544 e. The molecule has 1 rings (SSSR count). The molecule has 0 amide bonds. The summed E-state index contributed by atoms with van der Waals surface area (Å²) >= 11 is 16.6. The van der Waals surface area contributed by atoms with E-state index in [0.717, 1.165) is 11.3 Å². The molecule has 0 aliphatic heterocycles. The molecular weight excluding hydrogens is 385 g/mol. The lowest BCUT2D eigenvalue weighted by atomic mass is 10.2. The summed E-state index contributed by atoms with van der Waals surface area (Å²) in [5.74, 6) is 0.489. The molecule has 3 nitrogen and oxygen atoms in total. The molecule has 7 heteroatoms. The van der Waals surface area contributed by atoms with Crippen molar-refractivity contribution in [3.63, 3.8) is 0 Å². The molecule has 0 radical (unpaired) electrons. The molecule has 0 unspecified atom stereocenters. The predicted octanol–water partition coefficient (Wildman–Crippen LogP) is 6.45. The molecule has 0 aromatic heterocycles. The van der Waals surface area contributed by atoms with E-state index in [-0.39, 0.29) is 11.6 Å². The standard InChI is InChI=1S/C17H24Cl3NO2Si/c1-16(2,3)24(4,5)23-14-10-8-13(9-11-14)7-6-12-22-15(21)17(18,19)20/h6-11,21H,12H2,1-5H3/b7-6+,21-15?. The molecule has 0 bridgehead atoms. The Morgan fingerprint density at radius 3 is 2.12 bits per heavy atom. The molecule has 0 fully saturated rings. The summed E-state index contributed by atoms with van der Waals surface area (Å²) in [5.41, 5.74) is 1.00. The van der Waals surface area contributed by atoms with Crippen molar-refractivity contribution in [3.05, 3.63) is 35.9 Å². The van der Waals surface area contributed by atoms with Crippen LogP contribution in [0.5, 0.6) is 5.75 Å². The van der Waals surface area contributed by atoms with Gasteiger partial charge in [-0.05, 0) is 41.9 Å². The third-order valence-electron chi connectivity index (χ3n) is 3.95. The van der Waals surface area contributed by atoms with Gasteiger partial charge in [-0.3, -0.25) is 5.41 Å². The summed E-state index contributed by atoms with van der Waals surface area (Å²) in [6.07, 6.45) is 3.64. The number of halogens is 3. The number of benzene rings is 1. The van der Waals surface area contributed by atoms with Crippen LogP contribution >= 0.6 is 34.8 Å². The number of hydrogen-bond acceptors (Lipinski definition) is 3. The van der Waals surface area contributed by atoms with Crippen LogP contribution in [0, 0.1) is 5.41 Å². The fraction of sp³-hybridized carbons (Fsp3) is 0.471. The van der Waals surface area contributed by atoms with Gasteiger partial charge in [-0.15, -0.1) is 0 Å². The average molecular weight is 409 g/mol. The van der Waals surface area contributed by atoms with Gasteiger partial charge >= 0.3 is 0 Å². The van der Waals surface area contributed by atoms with Crippen LogP contribution in [-0.4, -0.2) is 24.6 Å². The first kappa shape index (κ1) is 21.4. The second-order valence-electron chi connectivity index (χ2n) is 6.97. The van der Waals surface area contributed by atoms with Crippen molar-refractivity contribution in [2.24, 2.45) is 0 Å². The zero-order valence-electron chi connectivity index (χ0n) is 14.6. The topological polar surface area (TPSA) is 42.3 Å². The molecule has 1 N–H and O–H groups in total. The first-order valence-corrected chi connectivity index (χ1v) is 11.6. The van der Waals surface area contributed by atoms with Crippen molar-refractivity contribution < 1.29 is 9.16 Å². The van der Waals surface area contributed by atoms with Crippen molar-refractivity contribution >= 4 is 55.1 Å². The summed E-state index contributed by atoms with van der Waals surface area (Å²) in [6.45, 7) is 11.2. The summed E-state index contributed by atoms with van der Waals surface area (Å²) in [4.78, 5) is 0. The van der Waals surface area contributed by atoms with Gasteiger partial charge in [0.15, 0.2) is 0 Å². The monoisotopic (exact) mass is 407 g/mol. The highest BCUT2D eigenvalue weighted by atomic mass is 35.6. The van der Waals surface area contributed by atoms with E-state index in [4.69, 9.17) is 49.4 Å². The molecule has 134 valence electrons. The third kappa shape index (κ3) is 6.67. The molecular formula is C17H24Cl3NO2Si. The first-order valence-electron chi connectivity index (χ1n) is 7.57. The minimum atomic E-state index is -1.82. The smallest absolute Gasteiger partial charge is 0.265 e. The number of alkyl halides is 3. The lowest BCUT2D eigenvalue weighted by Gasteiger charge is -2.36. The van der Waals surface area contributed by atoms with E-state index < -0.39 is 18.0 Å². The molecule has 1 aromatic carbocycles. The van der Waals surface area contributed by atoms with E-state index in [9.17, 15) is 0 Å². The van der Waals surface area contributed by atoms with Crippen LogP contribution in [0.2, 0.25) is 18.1 Å². The normalized spacial score (nSPS) is 13.2. The molecule has 0 spiro atoms. The van der Waals surface area contributed by atoms with Crippen LogP contribution in [0.3, 0.4) is 0 Å². The fourth-order valence-electron chi connectivity index (χ4n) is 1.49. The predicted molar refractivity (Wildman–Crippen MR) is 107 cm³/mol. The van der Waals surface area contributed by atoms with Crippen molar-refractivity contribution in [2.75, 3.05) is 6.61 Å². The molecule has 0 saturated carbocycles. The van der Waals surface area contributed by atoms with Crippen molar-refractivity contribution in [1.29, 1.82) is 5.41 Å². The average Bonchev–Trinajstić information content (AvgIpc) is 2.42. The van der Waals surface area contributed by atoms with Gasteiger partial charge in [0, 0.05) is 0 Å². The lowest BCUT2D eigenvalue weighted by molar-refractivity contribution is 0.341. The molecule has 0 heterocycles. The zero-order chi connectivity index (χ0) is 18.6. The van der Waals surface area contributed by atoms with Gasteiger partial charge in [-0.25, -0.2) is 0 Å². The highest BCUT2D eigenvalue weighted by Crippen LogP contribution is 2.37. The Kier molecular flexibility index (Phi) is 7.24. The summed E-state index contributed by atoms with van der Waals surface area (Å²) in [6, 6.07) is 7.87. The minimum Gasteiger partial charge on any atom is -0.544 e. The Labute approximate surface area is 160 Å². The van der Waals surface area contributed by atoms with Crippen LogP contribution in [0.25, 0.3) is 6.08 Å². The summed E-state index contributed by atoms with van der Waals surface area (Å²) < 4.78 is 9.45. The molecule has 0 saturated heterocycles. The van der Waals surface area contributed by atoms with Gasteiger partial charge in [0.05, 0.1) is 0 Å². The van der Waals surface area contributed by atoms with E-state index in [1.807, 2.05) is 30.3 Å². The SMILES string of the molecule is CC(C)(C)[Si](C)(C)Oc1ccc(/C=C/COC(=N)C(Cl)(Cl)Cl)cc1. The fourth-order valence-corrected chi connectivity index (χ4v) is 2.69. The van der Waals surface area contributed by atoms with Gasteiger partial charge in [-0.2, -0.15) is 0 Å². The first-order chi connectivity index (χ1) is 10.8. The molecule has 1 aromatic rings. The van der Waals surface area contributed by atoms with Crippen LogP contribution in [-0.2, 0) is 4.74 Å². The second kappa shape index (κ2) is 8.13. The minimum absolute atomic E-state index is 0.162. The van der Waals surface area contributed by atoms with Crippen LogP contribution < -0.4 is 4.43 Å². The number of nitrogens with one attached hydrogen (secondary N) is 1. The van der Waals surface area contributed by atoms with Crippen molar-refractivity contribution in [1.82, 2.24) is 0 Å². The Hall–Kier alpha value is -0.683. The van der Waals surface area contributed by atoms with E-state index in [0.29, 0.717) is 0 Å². The quantitative estimate of drug-likeness (QED) is 0.263. The molecule has 0 aliphatic carbocycles. The van der Waals surface area contributed by atoms with Crippen LogP contribution in [0.1, 0.15) is 26.3 Å².